The number of halogens is 2. The number of Topliss-reactive ketones (excluding diaryl/α,β-unsaturated/α-hetero) is 1. The summed E-state index contributed by atoms with van der Waals surface area (Å²) < 4.78 is 0.923. The molecule has 94 valence electrons. The summed E-state index contributed by atoms with van der Waals surface area (Å²) in [5.74, 6) is 0.489. The fourth-order valence-corrected chi connectivity index (χ4v) is 2.41. The van der Waals surface area contributed by atoms with Crippen molar-refractivity contribution in [2.75, 3.05) is 6.54 Å². The van der Waals surface area contributed by atoms with Crippen molar-refractivity contribution in [1.29, 1.82) is 0 Å². The van der Waals surface area contributed by atoms with Gasteiger partial charge in [0.1, 0.15) is 5.78 Å². The Morgan fingerprint density at radius 3 is 2.76 bits per heavy atom. The van der Waals surface area contributed by atoms with Gasteiger partial charge < -0.3 is 5.73 Å². The molecule has 0 fully saturated rings. The number of carbonyl (C=O) groups excluding carboxylic acids is 1. The zero-order valence-electron chi connectivity index (χ0n) is 9.88. The number of carbonyl (C=O) groups is 1. The second kappa shape index (κ2) is 7.14. The summed E-state index contributed by atoms with van der Waals surface area (Å²) in [6.07, 6.45) is 1.87. The van der Waals surface area contributed by atoms with Crippen LogP contribution in [0.2, 0.25) is 5.02 Å². The van der Waals surface area contributed by atoms with E-state index in [9.17, 15) is 4.79 Å². The van der Waals surface area contributed by atoms with Crippen LogP contribution in [0.4, 0.5) is 0 Å². The largest absolute Gasteiger partial charge is 0.330 e. The van der Waals surface area contributed by atoms with E-state index in [1.54, 1.807) is 0 Å². The van der Waals surface area contributed by atoms with Gasteiger partial charge in [-0.25, -0.2) is 0 Å². The Balaban J connectivity index is 2.62. The van der Waals surface area contributed by atoms with E-state index in [1.807, 2.05) is 18.2 Å². The van der Waals surface area contributed by atoms with Crippen molar-refractivity contribution in [3.63, 3.8) is 0 Å². The van der Waals surface area contributed by atoms with Crippen LogP contribution in [0.25, 0.3) is 0 Å². The van der Waals surface area contributed by atoms with Gasteiger partial charge in [-0.3, -0.25) is 4.79 Å². The molecule has 17 heavy (non-hydrogen) atoms. The van der Waals surface area contributed by atoms with E-state index < -0.39 is 0 Å². The third-order valence-electron chi connectivity index (χ3n) is 2.83. The second-order valence-corrected chi connectivity index (χ2v) is 5.49. The fourth-order valence-electron chi connectivity index (χ4n) is 1.67. The van der Waals surface area contributed by atoms with Crippen molar-refractivity contribution in [3.8, 4) is 0 Å². The molecule has 1 aromatic rings. The van der Waals surface area contributed by atoms with Gasteiger partial charge in [-0.1, -0.05) is 46.9 Å². The number of hydrogen-bond donors (Lipinski definition) is 1. The summed E-state index contributed by atoms with van der Waals surface area (Å²) in [4.78, 5) is 11.9. The van der Waals surface area contributed by atoms with Gasteiger partial charge >= 0.3 is 0 Å². The Bertz CT molecular complexity index is 391. The molecule has 0 bridgehead atoms. The van der Waals surface area contributed by atoms with Gasteiger partial charge in [0.15, 0.2) is 0 Å². The molecule has 0 saturated carbocycles. The lowest BCUT2D eigenvalue weighted by atomic mass is 9.96. The molecular formula is C13H17BrClNO. The highest BCUT2D eigenvalue weighted by Gasteiger charge is 2.12. The highest BCUT2D eigenvalue weighted by atomic mass is 79.9. The lowest BCUT2D eigenvalue weighted by Gasteiger charge is -2.11. The van der Waals surface area contributed by atoms with E-state index in [-0.39, 0.29) is 11.7 Å². The summed E-state index contributed by atoms with van der Waals surface area (Å²) >= 11 is 9.41. The van der Waals surface area contributed by atoms with E-state index in [0.29, 0.717) is 24.4 Å². The highest BCUT2D eigenvalue weighted by Crippen LogP contribution is 2.22. The highest BCUT2D eigenvalue weighted by molar-refractivity contribution is 9.10. The maximum absolute atomic E-state index is 11.9. The molecule has 0 saturated heterocycles. The number of benzene rings is 1. The summed E-state index contributed by atoms with van der Waals surface area (Å²) in [5.41, 5.74) is 6.47. The molecule has 0 radical (unpaired) electrons. The summed E-state index contributed by atoms with van der Waals surface area (Å²) in [6.45, 7) is 2.62. The van der Waals surface area contributed by atoms with Crippen LogP contribution in [0.5, 0.6) is 0 Å². The first kappa shape index (κ1) is 14.7. The number of ketones is 1. The molecule has 0 aromatic heterocycles. The van der Waals surface area contributed by atoms with Crippen molar-refractivity contribution in [2.45, 2.75) is 26.2 Å². The molecular weight excluding hydrogens is 302 g/mol. The van der Waals surface area contributed by atoms with E-state index in [4.69, 9.17) is 17.3 Å². The lowest BCUT2D eigenvalue weighted by Crippen LogP contribution is -2.18. The van der Waals surface area contributed by atoms with Gasteiger partial charge in [-0.05, 0) is 30.2 Å². The maximum Gasteiger partial charge on any atom is 0.137 e. The molecule has 1 aromatic carbocycles. The smallest absolute Gasteiger partial charge is 0.137 e. The molecule has 4 heteroatoms. The Morgan fingerprint density at radius 2 is 2.24 bits per heavy atom. The first-order valence-electron chi connectivity index (χ1n) is 5.72. The van der Waals surface area contributed by atoms with Gasteiger partial charge in [0.05, 0.1) is 0 Å². The third kappa shape index (κ3) is 4.78. The van der Waals surface area contributed by atoms with Crippen molar-refractivity contribution < 1.29 is 4.79 Å². The quantitative estimate of drug-likeness (QED) is 0.871. The minimum Gasteiger partial charge on any atom is -0.330 e. The van der Waals surface area contributed by atoms with Crippen LogP contribution in [-0.2, 0) is 11.2 Å². The summed E-state index contributed by atoms with van der Waals surface area (Å²) in [6, 6.07) is 5.59. The molecule has 0 aliphatic heterocycles. The first-order valence-corrected chi connectivity index (χ1v) is 6.89. The van der Waals surface area contributed by atoms with E-state index >= 15 is 0 Å². The molecule has 0 aliphatic rings. The van der Waals surface area contributed by atoms with Gasteiger partial charge in [-0.2, -0.15) is 0 Å². The summed E-state index contributed by atoms with van der Waals surface area (Å²) in [7, 11) is 0. The van der Waals surface area contributed by atoms with Gasteiger partial charge in [0.25, 0.3) is 0 Å². The van der Waals surface area contributed by atoms with Gasteiger partial charge in [0.2, 0.25) is 0 Å². The van der Waals surface area contributed by atoms with Crippen molar-refractivity contribution in [3.05, 3.63) is 33.3 Å². The standard InChI is InChI=1S/C13H17BrClNO/c1-2-9(8-16)5-12(17)6-10-3-4-11(14)7-13(10)15/h3-4,7,9H,2,5-6,8,16H2,1H3. The molecule has 1 atom stereocenters. The van der Waals surface area contributed by atoms with Gasteiger partial charge in [-0.15, -0.1) is 0 Å². The average Bonchev–Trinajstić information content (AvgIpc) is 2.29. The minimum atomic E-state index is 0.200. The predicted molar refractivity (Wildman–Crippen MR) is 75.3 cm³/mol. The Labute approximate surface area is 116 Å². The van der Waals surface area contributed by atoms with Crippen LogP contribution in [0.1, 0.15) is 25.3 Å². The minimum absolute atomic E-state index is 0.200. The third-order valence-corrected chi connectivity index (χ3v) is 3.67. The molecule has 2 nitrogen and oxygen atoms in total. The van der Waals surface area contributed by atoms with Gasteiger partial charge in [0, 0.05) is 22.3 Å². The van der Waals surface area contributed by atoms with E-state index in [2.05, 4.69) is 22.9 Å². The van der Waals surface area contributed by atoms with Crippen LogP contribution < -0.4 is 5.73 Å². The molecule has 1 rings (SSSR count). The lowest BCUT2D eigenvalue weighted by molar-refractivity contribution is -0.119. The topological polar surface area (TPSA) is 43.1 Å². The second-order valence-electron chi connectivity index (χ2n) is 4.17. The molecule has 1 unspecified atom stereocenters. The SMILES string of the molecule is CCC(CN)CC(=O)Cc1ccc(Br)cc1Cl. The molecule has 0 heterocycles. The van der Waals surface area contributed by atoms with Crippen LogP contribution in [0.15, 0.2) is 22.7 Å². The first-order chi connectivity index (χ1) is 8.06. The zero-order valence-corrected chi connectivity index (χ0v) is 12.2. The normalized spacial score (nSPS) is 12.5. The number of nitrogens with two attached hydrogens (primary N) is 1. The number of rotatable bonds is 6. The Hall–Kier alpha value is -0.380. The zero-order chi connectivity index (χ0) is 12.8. The van der Waals surface area contributed by atoms with E-state index in [0.717, 1.165) is 16.5 Å². The number of hydrogen-bond acceptors (Lipinski definition) is 2. The van der Waals surface area contributed by atoms with Crippen molar-refractivity contribution >= 4 is 33.3 Å². The van der Waals surface area contributed by atoms with Crippen LogP contribution >= 0.6 is 27.5 Å². The summed E-state index contributed by atoms with van der Waals surface area (Å²) in [5, 5.41) is 0.633. The Morgan fingerprint density at radius 1 is 1.53 bits per heavy atom. The molecule has 0 aliphatic carbocycles. The van der Waals surface area contributed by atoms with Crippen LogP contribution in [0.3, 0.4) is 0 Å². The van der Waals surface area contributed by atoms with Crippen LogP contribution in [0, 0.1) is 5.92 Å². The molecule has 0 spiro atoms. The maximum atomic E-state index is 11.9. The average molecular weight is 319 g/mol. The predicted octanol–water partition coefficient (Wildman–Crippen LogP) is 3.59. The Kier molecular flexibility index (Phi) is 6.17. The monoisotopic (exact) mass is 317 g/mol. The fraction of sp³-hybridized carbons (Fsp3) is 0.462. The van der Waals surface area contributed by atoms with Crippen molar-refractivity contribution in [1.82, 2.24) is 0 Å². The molecule has 0 amide bonds. The van der Waals surface area contributed by atoms with Crippen molar-refractivity contribution in [2.24, 2.45) is 11.7 Å². The van der Waals surface area contributed by atoms with E-state index in [1.165, 1.54) is 0 Å². The molecule has 2 N–H and O–H groups in total. The van der Waals surface area contributed by atoms with Crippen LogP contribution in [-0.4, -0.2) is 12.3 Å².